The predicted octanol–water partition coefficient (Wildman–Crippen LogP) is 7.11. The van der Waals surface area contributed by atoms with Crippen LogP contribution in [0.5, 0.6) is 0 Å². The first-order chi connectivity index (χ1) is 12.3. The lowest BCUT2D eigenvalue weighted by atomic mass is 10.0. The van der Waals surface area contributed by atoms with Crippen LogP contribution in [0.25, 0.3) is 0 Å². The number of unbranched alkanes of at least 4 members (excludes halogenated alkanes) is 1. The van der Waals surface area contributed by atoms with Gasteiger partial charge in [0.05, 0.1) is 0 Å². The van der Waals surface area contributed by atoms with Crippen LogP contribution in [0.15, 0.2) is 42.5 Å². The molecule has 4 rings (SSSR count). The number of benzene rings is 2. The first kappa shape index (κ1) is 19.8. The van der Waals surface area contributed by atoms with Crippen LogP contribution in [0.1, 0.15) is 80.7 Å². The largest absolute Gasteiger partial charge is 0.0654 e. The minimum atomic E-state index is 1.27. The molecule has 0 nitrogen and oxygen atoms in total. The molecule has 0 fully saturated rings. The van der Waals surface area contributed by atoms with Crippen LogP contribution in [0.2, 0.25) is 0 Å². The van der Waals surface area contributed by atoms with Gasteiger partial charge in [0, 0.05) is 0 Å². The standard InChI is InChI=1S/C12H16.C9H10.C4H10/c1-2-5-10-6-3-7-11-8-4-9-12(10)11;1-2-5-9-7-3-6-8(9)4-1;1-3-4-2/h3,6-7H,2,4-5,8-9H2,1H3;1-2,4-5H,3,6-7H2;3-4H2,1-2H3. The van der Waals surface area contributed by atoms with Crippen molar-refractivity contribution < 1.29 is 0 Å². The van der Waals surface area contributed by atoms with Gasteiger partial charge in [-0.25, -0.2) is 0 Å². The summed E-state index contributed by atoms with van der Waals surface area (Å²) < 4.78 is 0. The van der Waals surface area contributed by atoms with Gasteiger partial charge in [-0.2, -0.15) is 0 Å². The highest BCUT2D eigenvalue weighted by molar-refractivity contribution is 5.38. The van der Waals surface area contributed by atoms with E-state index in [0.29, 0.717) is 0 Å². The van der Waals surface area contributed by atoms with E-state index in [9.17, 15) is 0 Å². The summed E-state index contributed by atoms with van der Waals surface area (Å²) in [5.41, 5.74) is 8.02. The van der Waals surface area contributed by atoms with E-state index in [-0.39, 0.29) is 0 Å². The highest BCUT2D eigenvalue weighted by Gasteiger charge is 2.12. The molecule has 0 aromatic heterocycles. The highest BCUT2D eigenvalue weighted by atomic mass is 14.2. The van der Waals surface area contributed by atoms with Crippen molar-refractivity contribution in [3.63, 3.8) is 0 Å². The number of hydrogen-bond donors (Lipinski definition) is 0. The van der Waals surface area contributed by atoms with E-state index in [1.54, 1.807) is 27.8 Å². The second-order valence-corrected chi connectivity index (χ2v) is 7.28. The van der Waals surface area contributed by atoms with Crippen molar-refractivity contribution in [1.29, 1.82) is 0 Å². The highest BCUT2D eigenvalue weighted by Crippen LogP contribution is 2.25. The molecule has 25 heavy (non-hydrogen) atoms. The Labute approximate surface area is 155 Å². The summed E-state index contributed by atoms with van der Waals surface area (Å²) >= 11 is 0. The van der Waals surface area contributed by atoms with Crippen molar-refractivity contribution in [2.24, 2.45) is 0 Å². The molecule has 0 N–H and O–H groups in total. The Morgan fingerprint density at radius 3 is 1.76 bits per heavy atom. The first-order valence-corrected chi connectivity index (χ1v) is 10.5. The average molecular weight is 337 g/mol. The molecule has 0 spiro atoms. The fourth-order valence-electron chi connectivity index (χ4n) is 3.72. The Kier molecular flexibility index (Phi) is 8.80. The summed E-state index contributed by atoms with van der Waals surface area (Å²) in [7, 11) is 0. The predicted molar refractivity (Wildman–Crippen MR) is 112 cm³/mol. The minimum Gasteiger partial charge on any atom is -0.0654 e. The molecule has 0 saturated heterocycles. The van der Waals surface area contributed by atoms with Gasteiger partial charge in [-0.3, -0.25) is 0 Å². The van der Waals surface area contributed by atoms with Crippen molar-refractivity contribution in [2.75, 3.05) is 0 Å². The third-order valence-corrected chi connectivity index (χ3v) is 5.27. The van der Waals surface area contributed by atoms with Crippen LogP contribution in [0, 0.1) is 0 Å². The van der Waals surface area contributed by atoms with E-state index in [4.69, 9.17) is 0 Å². The molecule has 0 atom stereocenters. The molecule has 2 aromatic rings. The fourth-order valence-corrected chi connectivity index (χ4v) is 3.72. The molecule has 2 aliphatic carbocycles. The molecule has 0 heterocycles. The Hall–Kier alpha value is -1.56. The third kappa shape index (κ3) is 6.03. The van der Waals surface area contributed by atoms with Crippen molar-refractivity contribution in [2.45, 2.75) is 85.0 Å². The van der Waals surface area contributed by atoms with Gasteiger partial charge in [0.1, 0.15) is 0 Å². The van der Waals surface area contributed by atoms with E-state index in [2.05, 4.69) is 63.2 Å². The van der Waals surface area contributed by atoms with Crippen molar-refractivity contribution in [1.82, 2.24) is 0 Å². The molecule has 0 radical (unpaired) electrons. The van der Waals surface area contributed by atoms with Crippen LogP contribution in [0.3, 0.4) is 0 Å². The number of fused-ring (bicyclic) bond motifs is 2. The smallest absolute Gasteiger partial charge is 0.0270 e. The zero-order valence-electron chi connectivity index (χ0n) is 16.6. The third-order valence-electron chi connectivity index (χ3n) is 5.27. The number of rotatable bonds is 3. The van der Waals surface area contributed by atoms with Crippen molar-refractivity contribution in [3.8, 4) is 0 Å². The van der Waals surface area contributed by atoms with E-state index in [0.717, 1.165) is 0 Å². The van der Waals surface area contributed by atoms with Gasteiger partial charge in [-0.15, -0.1) is 0 Å². The molecule has 0 bridgehead atoms. The Morgan fingerprint density at radius 2 is 1.16 bits per heavy atom. The van der Waals surface area contributed by atoms with E-state index in [1.807, 2.05) is 0 Å². The van der Waals surface area contributed by atoms with Gasteiger partial charge in [0.25, 0.3) is 0 Å². The molecular formula is C25H36. The quantitative estimate of drug-likeness (QED) is 0.560. The maximum absolute atomic E-state index is 2.30. The van der Waals surface area contributed by atoms with Gasteiger partial charge >= 0.3 is 0 Å². The zero-order chi connectivity index (χ0) is 17.9. The zero-order valence-corrected chi connectivity index (χ0v) is 16.6. The monoisotopic (exact) mass is 336 g/mol. The van der Waals surface area contributed by atoms with E-state index < -0.39 is 0 Å². The Balaban J connectivity index is 0.000000153. The van der Waals surface area contributed by atoms with Crippen molar-refractivity contribution >= 4 is 0 Å². The first-order valence-electron chi connectivity index (χ1n) is 10.5. The summed E-state index contributed by atoms with van der Waals surface area (Å²) in [5.74, 6) is 0. The van der Waals surface area contributed by atoms with Crippen LogP contribution >= 0.6 is 0 Å². The molecular weight excluding hydrogens is 300 g/mol. The average Bonchev–Trinajstić information content (AvgIpc) is 3.32. The summed E-state index contributed by atoms with van der Waals surface area (Å²) in [6.45, 7) is 6.62. The molecule has 0 saturated carbocycles. The maximum atomic E-state index is 2.30. The molecule has 0 unspecified atom stereocenters. The normalized spacial score (nSPS) is 13.9. The summed E-state index contributed by atoms with van der Waals surface area (Å²) in [5, 5.41) is 0. The van der Waals surface area contributed by atoms with Crippen LogP contribution in [0.4, 0.5) is 0 Å². The maximum Gasteiger partial charge on any atom is -0.0270 e. The van der Waals surface area contributed by atoms with Gasteiger partial charge in [-0.1, -0.05) is 82.5 Å². The fraction of sp³-hybridized carbons (Fsp3) is 0.520. The summed E-state index contributed by atoms with van der Waals surface area (Å²) in [4.78, 5) is 0. The number of aryl methyl sites for hydroxylation is 4. The molecule has 2 aromatic carbocycles. The molecule has 136 valence electrons. The molecule has 2 aliphatic rings. The Bertz CT molecular complexity index is 599. The van der Waals surface area contributed by atoms with Crippen molar-refractivity contribution in [3.05, 3.63) is 70.3 Å². The SMILES string of the molecule is CCCC.CCCc1cccc2c1CCC2.c1ccc2c(c1)CCC2. The summed E-state index contributed by atoms with van der Waals surface area (Å²) in [6.07, 6.45) is 13.2. The van der Waals surface area contributed by atoms with Gasteiger partial charge < -0.3 is 0 Å². The summed E-state index contributed by atoms with van der Waals surface area (Å²) in [6, 6.07) is 15.5. The second-order valence-electron chi connectivity index (χ2n) is 7.28. The topological polar surface area (TPSA) is 0 Å². The Morgan fingerprint density at radius 1 is 0.600 bits per heavy atom. The molecule has 0 aliphatic heterocycles. The van der Waals surface area contributed by atoms with Crippen LogP contribution < -0.4 is 0 Å². The lowest BCUT2D eigenvalue weighted by molar-refractivity contribution is 0.880. The molecule has 0 amide bonds. The van der Waals surface area contributed by atoms with E-state index >= 15 is 0 Å². The van der Waals surface area contributed by atoms with Crippen LogP contribution in [-0.4, -0.2) is 0 Å². The van der Waals surface area contributed by atoms with Gasteiger partial charge in [-0.05, 0) is 72.8 Å². The second kappa shape index (κ2) is 11.1. The lowest BCUT2D eigenvalue weighted by Gasteiger charge is -2.05. The lowest BCUT2D eigenvalue weighted by Crippen LogP contribution is -1.91. The van der Waals surface area contributed by atoms with Gasteiger partial charge in [0.15, 0.2) is 0 Å². The van der Waals surface area contributed by atoms with Gasteiger partial charge in [0.2, 0.25) is 0 Å². The minimum absolute atomic E-state index is 1.27. The number of hydrogen-bond acceptors (Lipinski definition) is 0. The molecule has 0 heteroatoms. The van der Waals surface area contributed by atoms with E-state index in [1.165, 1.54) is 64.2 Å². The van der Waals surface area contributed by atoms with Crippen LogP contribution in [-0.2, 0) is 32.1 Å².